The highest BCUT2D eigenvalue weighted by Gasteiger charge is 2.16. The van der Waals surface area contributed by atoms with E-state index in [0.717, 1.165) is 37.3 Å². The standard InChI is InChI=1S/C20H25N7/c1-24-12-15(11-21)14-5-6-17(22)16(9-14)20(23)18-10-19(26-13-25-18)27-7-3-2-4-8-27/h5-6,9-13,21,23-24H,2-4,7-8,22H2,1H3/b15-12+,21-11?,23-20?. The predicted octanol–water partition coefficient (Wildman–Crippen LogP) is 2.68. The third kappa shape index (κ3) is 4.13. The van der Waals surface area contributed by atoms with Gasteiger partial charge in [0, 0.05) is 55.4 Å². The fraction of sp³-hybridized carbons (Fsp3) is 0.300. The van der Waals surface area contributed by atoms with Crippen molar-refractivity contribution in [3.63, 3.8) is 0 Å². The van der Waals surface area contributed by atoms with Gasteiger partial charge < -0.3 is 21.4 Å². The highest BCUT2D eigenvalue weighted by molar-refractivity contribution is 6.15. The largest absolute Gasteiger partial charge is 0.398 e. The van der Waals surface area contributed by atoms with E-state index in [1.807, 2.05) is 18.2 Å². The third-order valence-corrected chi connectivity index (χ3v) is 4.70. The summed E-state index contributed by atoms with van der Waals surface area (Å²) in [5.41, 5.74) is 9.57. The Hall–Kier alpha value is -3.22. The van der Waals surface area contributed by atoms with Crippen molar-refractivity contribution in [2.45, 2.75) is 19.3 Å². The zero-order valence-electron chi connectivity index (χ0n) is 15.5. The molecule has 140 valence electrons. The molecule has 1 saturated heterocycles. The molecule has 5 N–H and O–H groups in total. The number of piperidine rings is 1. The number of nitrogens with zero attached hydrogens (tertiary/aromatic N) is 3. The van der Waals surface area contributed by atoms with Gasteiger partial charge in [0.25, 0.3) is 0 Å². The third-order valence-electron chi connectivity index (χ3n) is 4.70. The van der Waals surface area contributed by atoms with E-state index in [-0.39, 0.29) is 5.71 Å². The van der Waals surface area contributed by atoms with Gasteiger partial charge in [-0.2, -0.15) is 0 Å². The van der Waals surface area contributed by atoms with Gasteiger partial charge in [0.1, 0.15) is 12.1 Å². The quantitative estimate of drug-likeness (QED) is 0.465. The summed E-state index contributed by atoms with van der Waals surface area (Å²) in [6.07, 6.45) is 8.10. The minimum atomic E-state index is 0.254. The molecule has 7 nitrogen and oxygen atoms in total. The van der Waals surface area contributed by atoms with E-state index in [1.54, 1.807) is 19.3 Å². The molecule has 1 aromatic carbocycles. The number of hydrogen-bond acceptors (Lipinski definition) is 7. The van der Waals surface area contributed by atoms with E-state index >= 15 is 0 Å². The molecule has 2 heterocycles. The molecule has 2 aromatic rings. The number of benzene rings is 1. The zero-order valence-corrected chi connectivity index (χ0v) is 15.5. The van der Waals surface area contributed by atoms with Crippen LogP contribution in [0.15, 0.2) is 36.8 Å². The van der Waals surface area contributed by atoms with Crippen LogP contribution in [0, 0.1) is 10.8 Å². The molecule has 0 radical (unpaired) electrons. The van der Waals surface area contributed by atoms with E-state index in [1.165, 1.54) is 19.0 Å². The van der Waals surface area contributed by atoms with Crippen molar-refractivity contribution in [2.75, 3.05) is 30.8 Å². The Bertz CT molecular complexity index is 866. The topological polar surface area (TPSA) is 115 Å². The Balaban J connectivity index is 1.93. The molecule has 0 amide bonds. The van der Waals surface area contributed by atoms with Crippen LogP contribution in [0.4, 0.5) is 11.5 Å². The van der Waals surface area contributed by atoms with Crippen LogP contribution in [0.2, 0.25) is 0 Å². The first-order valence-electron chi connectivity index (χ1n) is 9.08. The maximum absolute atomic E-state index is 8.64. The van der Waals surface area contributed by atoms with Gasteiger partial charge in [-0.05, 0) is 37.0 Å². The van der Waals surface area contributed by atoms with Crippen molar-refractivity contribution in [3.8, 4) is 0 Å². The fourth-order valence-electron chi connectivity index (χ4n) is 3.23. The average Bonchev–Trinajstić information content (AvgIpc) is 2.73. The van der Waals surface area contributed by atoms with Gasteiger partial charge >= 0.3 is 0 Å². The average molecular weight is 363 g/mol. The molecule has 27 heavy (non-hydrogen) atoms. The number of anilines is 2. The molecule has 0 spiro atoms. The lowest BCUT2D eigenvalue weighted by molar-refractivity contribution is 0.573. The van der Waals surface area contributed by atoms with Crippen LogP contribution in [-0.2, 0) is 0 Å². The molecule has 0 bridgehead atoms. The summed E-state index contributed by atoms with van der Waals surface area (Å²) < 4.78 is 0. The van der Waals surface area contributed by atoms with Gasteiger partial charge in [-0.15, -0.1) is 0 Å². The summed E-state index contributed by atoms with van der Waals surface area (Å²) in [6.45, 7) is 1.97. The molecule has 0 saturated carbocycles. The second-order valence-electron chi connectivity index (χ2n) is 6.52. The highest BCUT2D eigenvalue weighted by Crippen LogP contribution is 2.23. The SMILES string of the molecule is CN/C=C(\C=N)c1ccc(N)c(C(=N)c2cc(N3CCCCC3)ncn2)c1. The van der Waals surface area contributed by atoms with E-state index in [9.17, 15) is 0 Å². The molecular weight excluding hydrogens is 338 g/mol. The van der Waals surface area contributed by atoms with Gasteiger partial charge in [-0.1, -0.05) is 6.07 Å². The Morgan fingerprint density at radius 1 is 1.19 bits per heavy atom. The normalized spacial score (nSPS) is 14.7. The van der Waals surface area contributed by atoms with Crippen LogP contribution >= 0.6 is 0 Å². The molecule has 3 rings (SSSR count). The van der Waals surface area contributed by atoms with Gasteiger partial charge in [-0.3, -0.25) is 5.41 Å². The number of nitrogen functional groups attached to an aromatic ring is 1. The number of allylic oxidation sites excluding steroid dienone is 1. The number of nitrogens with two attached hydrogens (primary N) is 1. The Morgan fingerprint density at radius 3 is 2.67 bits per heavy atom. The molecule has 0 atom stereocenters. The minimum Gasteiger partial charge on any atom is -0.398 e. The number of aromatic nitrogens is 2. The van der Waals surface area contributed by atoms with E-state index in [4.69, 9.17) is 16.6 Å². The van der Waals surface area contributed by atoms with E-state index < -0.39 is 0 Å². The Kier molecular flexibility index (Phi) is 5.80. The lowest BCUT2D eigenvalue weighted by Crippen LogP contribution is -2.30. The van der Waals surface area contributed by atoms with Crippen LogP contribution in [0.25, 0.3) is 5.57 Å². The lowest BCUT2D eigenvalue weighted by Gasteiger charge is -2.27. The summed E-state index contributed by atoms with van der Waals surface area (Å²) in [4.78, 5) is 10.9. The maximum Gasteiger partial charge on any atom is 0.132 e. The first-order chi connectivity index (χ1) is 13.1. The summed E-state index contributed by atoms with van der Waals surface area (Å²) in [7, 11) is 1.78. The lowest BCUT2D eigenvalue weighted by atomic mass is 9.98. The Labute approximate surface area is 159 Å². The second kappa shape index (κ2) is 8.44. The molecule has 1 aliphatic heterocycles. The first-order valence-corrected chi connectivity index (χ1v) is 9.08. The van der Waals surface area contributed by atoms with Crippen LogP contribution in [0.5, 0.6) is 0 Å². The molecule has 1 fully saturated rings. The first kappa shape index (κ1) is 18.6. The maximum atomic E-state index is 8.64. The summed E-state index contributed by atoms with van der Waals surface area (Å²) in [6, 6.07) is 7.30. The number of nitrogens with one attached hydrogen (secondary N) is 3. The van der Waals surface area contributed by atoms with Crippen molar-refractivity contribution in [1.29, 1.82) is 10.8 Å². The fourth-order valence-corrected chi connectivity index (χ4v) is 3.23. The number of rotatable bonds is 6. The monoisotopic (exact) mass is 363 g/mol. The summed E-state index contributed by atoms with van der Waals surface area (Å²) in [5.74, 6) is 0.856. The van der Waals surface area contributed by atoms with Crippen LogP contribution in [-0.4, -0.2) is 42.0 Å². The van der Waals surface area contributed by atoms with Crippen molar-refractivity contribution in [2.24, 2.45) is 0 Å². The molecule has 1 aliphatic rings. The smallest absolute Gasteiger partial charge is 0.132 e. The van der Waals surface area contributed by atoms with Crippen LogP contribution < -0.4 is 16.0 Å². The van der Waals surface area contributed by atoms with Crippen LogP contribution in [0.1, 0.15) is 36.1 Å². The van der Waals surface area contributed by atoms with Gasteiger partial charge in [0.2, 0.25) is 0 Å². The van der Waals surface area contributed by atoms with Gasteiger partial charge in [-0.25, -0.2) is 9.97 Å². The Morgan fingerprint density at radius 2 is 1.96 bits per heavy atom. The molecule has 7 heteroatoms. The van der Waals surface area contributed by atoms with E-state index in [2.05, 4.69) is 20.2 Å². The van der Waals surface area contributed by atoms with Gasteiger partial charge in [0.15, 0.2) is 0 Å². The molecule has 1 aromatic heterocycles. The highest BCUT2D eigenvalue weighted by atomic mass is 15.2. The van der Waals surface area contributed by atoms with Crippen molar-refractivity contribution < 1.29 is 0 Å². The van der Waals surface area contributed by atoms with Crippen molar-refractivity contribution >= 4 is 29.0 Å². The van der Waals surface area contributed by atoms with E-state index in [0.29, 0.717) is 22.5 Å². The summed E-state index contributed by atoms with van der Waals surface area (Å²) >= 11 is 0. The molecular formula is C20H25N7. The van der Waals surface area contributed by atoms with Crippen LogP contribution in [0.3, 0.4) is 0 Å². The minimum absolute atomic E-state index is 0.254. The van der Waals surface area contributed by atoms with Crippen molar-refractivity contribution in [1.82, 2.24) is 15.3 Å². The number of hydrogen-bond donors (Lipinski definition) is 4. The second-order valence-corrected chi connectivity index (χ2v) is 6.52. The van der Waals surface area contributed by atoms with Gasteiger partial charge in [0.05, 0.1) is 11.4 Å². The summed E-state index contributed by atoms with van der Waals surface area (Å²) in [5, 5.41) is 19.2. The zero-order chi connectivity index (χ0) is 19.2. The molecule has 0 aliphatic carbocycles. The molecule has 0 unspecified atom stereocenters. The van der Waals surface area contributed by atoms with Crippen molar-refractivity contribution in [3.05, 3.63) is 53.6 Å². The predicted molar refractivity (Wildman–Crippen MR) is 111 cm³/mol.